The number of nitrogens with two attached hydrogens (primary N) is 1. The Morgan fingerprint density at radius 3 is 2.43 bits per heavy atom. The van der Waals surface area contributed by atoms with Crippen LogP contribution in [0.15, 0.2) is 71.8 Å². The van der Waals surface area contributed by atoms with Gasteiger partial charge in [-0.2, -0.15) is 5.10 Å². The first-order chi connectivity index (χ1) is 17.8. The van der Waals surface area contributed by atoms with Gasteiger partial charge in [0, 0.05) is 13.0 Å². The number of fused-ring (bicyclic) bond motifs is 1. The van der Waals surface area contributed by atoms with E-state index in [1.54, 1.807) is 11.1 Å². The zero-order valence-electron chi connectivity index (χ0n) is 21.0. The molecule has 1 aliphatic rings. The minimum Gasteiger partial charge on any atom is -0.481 e. The van der Waals surface area contributed by atoms with Crippen molar-refractivity contribution in [2.75, 3.05) is 6.54 Å². The van der Waals surface area contributed by atoms with Crippen LogP contribution in [0.5, 0.6) is 0 Å². The number of hydrazone groups is 1. The molecule has 3 aromatic rings. The molecular weight excluding hydrogens is 468 g/mol. The van der Waals surface area contributed by atoms with Crippen molar-refractivity contribution in [3.8, 4) is 0 Å². The van der Waals surface area contributed by atoms with Crippen LogP contribution in [0.2, 0.25) is 0 Å². The molecular formula is C29H32N4O4. The maximum Gasteiger partial charge on any atom is 0.328 e. The molecule has 1 aliphatic heterocycles. The van der Waals surface area contributed by atoms with Gasteiger partial charge in [0.25, 0.3) is 5.91 Å². The van der Waals surface area contributed by atoms with Gasteiger partial charge in [-0.1, -0.05) is 67.4 Å². The summed E-state index contributed by atoms with van der Waals surface area (Å²) < 4.78 is 0. The van der Waals surface area contributed by atoms with Crippen LogP contribution in [-0.2, 0) is 21.7 Å². The number of carboxylic acid groups (broad SMARTS) is 1. The standard InChI is InChI=1S/C29H32N4O4/c1-29(25-9-5-4-6-10-25)27(36)32(28(37)33(29)16-8-3-2-7-11-26(34)35)20-22-13-15-23-14-12-21(19-31-30)17-24(23)18-22/h4-6,9-10,12-15,17-19H,2-3,7-8,11,16,20,30H2,1H3,(H,34,35). The molecule has 8 heteroatoms. The van der Waals surface area contributed by atoms with Crippen LogP contribution in [0.25, 0.3) is 10.8 Å². The maximum atomic E-state index is 13.8. The summed E-state index contributed by atoms with van der Waals surface area (Å²) in [6.45, 7) is 2.39. The molecule has 0 bridgehead atoms. The lowest BCUT2D eigenvalue weighted by atomic mass is 9.90. The van der Waals surface area contributed by atoms with E-state index in [1.807, 2.05) is 73.7 Å². The number of benzene rings is 3. The molecule has 1 fully saturated rings. The lowest BCUT2D eigenvalue weighted by molar-refractivity contribution is -0.137. The molecule has 0 aromatic heterocycles. The Balaban J connectivity index is 1.57. The van der Waals surface area contributed by atoms with Crippen LogP contribution in [0.4, 0.5) is 4.79 Å². The Bertz CT molecular complexity index is 1320. The molecule has 1 saturated heterocycles. The molecule has 1 heterocycles. The van der Waals surface area contributed by atoms with Crippen molar-refractivity contribution < 1.29 is 19.5 Å². The average Bonchev–Trinajstić information content (AvgIpc) is 3.07. The third-order valence-corrected chi connectivity index (χ3v) is 7.01. The second-order valence-electron chi connectivity index (χ2n) is 9.54. The number of hydrogen-bond donors (Lipinski definition) is 2. The Kier molecular flexibility index (Phi) is 7.86. The van der Waals surface area contributed by atoms with Crippen LogP contribution in [-0.4, -0.2) is 45.6 Å². The first kappa shape index (κ1) is 25.9. The fourth-order valence-corrected chi connectivity index (χ4v) is 4.96. The van der Waals surface area contributed by atoms with Crippen LogP contribution in [0.1, 0.15) is 55.7 Å². The van der Waals surface area contributed by atoms with Crippen molar-refractivity contribution in [3.63, 3.8) is 0 Å². The van der Waals surface area contributed by atoms with Gasteiger partial charge in [-0.3, -0.25) is 14.5 Å². The number of aliphatic carboxylic acids is 1. The second kappa shape index (κ2) is 11.2. The summed E-state index contributed by atoms with van der Waals surface area (Å²) >= 11 is 0. The molecule has 0 spiro atoms. The average molecular weight is 501 g/mol. The van der Waals surface area contributed by atoms with E-state index in [9.17, 15) is 14.4 Å². The molecule has 192 valence electrons. The third-order valence-electron chi connectivity index (χ3n) is 7.01. The van der Waals surface area contributed by atoms with Crippen molar-refractivity contribution in [2.24, 2.45) is 10.9 Å². The van der Waals surface area contributed by atoms with Gasteiger partial charge < -0.3 is 15.8 Å². The zero-order valence-corrected chi connectivity index (χ0v) is 21.0. The summed E-state index contributed by atoms with van der Waals surface area (Å²) in [6.07, 6.45) is 4.56. The number of urea groups is 1. The van der Waals surface area contributed by atoms with Gasteiger partial charge >= 0.3 is 12.0 Å². The molecule has 3 aromatic carbocycles. The minimum absolute atomic E-state index is 0.142. The fourth-order valence-electron chi connectivity index (χ4n) is 4.96. The number of carbonyl (C=O) groups is 3. The normalized spacial score (nSPS) is 17.9. The van der Waals surface area contributed by atoms with Crippen LogP contribution in [0, 0.1) is 0 Å². The smallest absolute Gasteiger partial charge is 0.328 e. The second-order valence-corrected chi connectivity index (χ2v) is 9.54. The molecule has 4 rings (SSSR count). The van der Waals surface area contributed by atoms with Gasteiger partial charge in [-0.25, -0.2) is 4.79 Å². The van der Waals surface area contributed by atoms with Crippen molar-refractivity contribution >= 4 is 34.9 Å². The van der Waals surface area contributed by atoms with E-state index in [-0.39, 0.29) is 24.9 Å². The van der Waals surface area contributed by atoms with Crippen LogP contribution < -0.4 is 5.84 Å². The van der Waals surface area contributed by atoms with E-state index in [2.05, 4.69) is 5.10 Å². The van der Waals surface area contributed by atoms with E-state index in [0.717, 1.165) is 40.3 Å². The monoisotopic (exact) mass is 500 g/mol. The summed E-state index contributed by atoms with van der Waals surface area (Å²) in [5.41, 5.74) is 1.38. The first-order valence-corrected chi connectivity index (χ1v) is 12.5. The number of carboxylic acids is 1. The largest absolute Gasteiger partial charge is 0.481 e. The van der Waals surface area contributed by atoms with Crippen molar-refractivity contribution in [1.82, 2.24) is 9.80 Å². The van der Waals surface area contributed by atoms with Crippen LogP contribution in [0.3, 0.4) is 0 Å². The van der Waals surface area contributed by atoms with Crippen molar-refractivity contribution in [1.29, 1.82) is 0 Å². The summed E-state index contributed by atoms with van der Waals surface area (Å²) in [4.78, 5) is 41.2. The quantitative estimate of drug-likeness (QED) is 0.128. The first-order valence-electron chi connectivity index (χ1n) is 12.5. The number of hydrogen-bond acceptors (Lipinski definition) is 5. The summed E-state index contributed by atoms with van der Waals surface area (Å²) in [5, 5.41) is 14.4. The van der Waals surface area contributed by atoms with Crippen molar-refractivity contribution in [3.05, 3.63) is 83.4 Å². The Morgan fingerprint density at radius 2 is 1.70 bits per heavy atom. The molecule has 0 aliphatic carbocycles. The van der Waals surface area contributed by atoms with Gasteiger partial charge in [0.1, 0.15) is 5.54 Å². The molecule has 3 N–H and O–H groups in total. The van der Waals surface area contributed by atoms with Gasteiger partial charge in [0.05, 0.1) is 12.8 Å². The van der Waals surface area contributed by atoms with Gasteiger partial charge in [-0.05, 0) is 59.4 Å². The molecule has 1 atom stereocenters. The summed E-state index contributed by atoms with van der Waals surface area (Å²) in [6, 6.07) is 20.8. The highest BCUT2D eigenvalue weighted by Crippen LogP contribution is 2.38. The van der Waals surface area contributed by atoms with Gasteiger partial charge in [0.2, 0.25) is 0 Å². The van der Waals surface area contributed by atoms with Gasteiger partial charge in [-0.15, -0.1) is 0 Å². The molecule has 0 radical (unpaired) electrons. The highest BCUT2D eigenvalue weighted by Gasteiger charge is 2.54. The van der Waals surface area contributed by atoms with E-state index in [1.165, 1.54) is 4.90 Å². The predicted molar refractivity (Wildman–Crippen MR) is 143 cm³/mol. The highest BCUT2D eigenvalue weighted by molar-refractivity contribution is 6.07. The number of amides is 3. The predicted octanol–water partition coefficient (Wildman–Crippen LogP) is 4.85. The molecule has 1 unspecified atom stereocenters. The molecule has 8 nitrogen and oxygen atoms in total. The number of nitrogens with zero attached hydrogens (tertiary/aromatic N) is 3. The van der Waals surface area contributed by atoms with E-state index >= 15 is 0 Å². The number of unbranched alkanes of at least 4 members (excludes halogenated alkanes) is 3. The summed E-state index contributed by atoms with van der Waals surface area (Å²) in [7, 11) is 0. The Labute approximate surface area is 216 Å². The minimum atomic E-state index is -1.11. The molecule has 3 amide bonds. The van der Waals surface area contributed by atoms with Crippen LogP contribution >= 0.6 is 0 Å². The van der Waals surface area contributed by atoms with E-state index in [4.69, 9.17) is 10.9 Å². The molecule has 0 saturated carbocycles. The SMILES string of the molecule is CC1(c2ccccc2)C(=O)N(Cc2ccc3ccc(C=NN)cc3c2)C(=O)N1CCCCCCC(=O)O. The van der Waals surface area contributed by atoms with E-state index in [0.29, 0.717) is 19.4 Å². The van der Waals surface area contributed by atoms with Gasteiger partial charge in [0.15, 0.2) is 0 Å². The maximum absolute atomic E-state index is 13.8. The lowest BCUT2D eigenvalue weighted by Crippen LogP contribution is -2.44. The lowest BCUT2D eigenvalue weighted by Gasteiger charge is -2.32. The molecule has 37 heavy (non-hydrogen) atoms. The Morgan fingerprint density at radius 1 is 0.973 bits per heavy atom. The number of carbonyl (C=O) groups excluding carboxylic acids is 2. The zero-order chi connectivity index (χ0) is 26.4. The fraction of sp³-hybridized carbons (Fsp3) is 0.310. The topological polar surface area (TPSA) is 116 Å². The highest BCUT2D eigenvalue weighted by atomic mass is 16.4. The van der Waals surface area contributed by atoms with Crippen molar-refractivity contribution in [2.45, 2.75) is 51.1 Å². The number of rotatable bonds is 11. The summed E-state index contributed by atoms with van der Waals surface area (Å²) in [5.74, 6) is 4.24. The number of imide groups is 1. The third kappa shape index (κ3) is 5.48. The van der Waals surface area contributed by atoms with E-state index < -0.39 is 11.5 Å². The Hall–Kier alpha value is -4.20.